The van der Waals surface area contributed by atoms with Gasteiger partial charge in [0.25, 0.3) is 0 Å². The smallest absolute Gasteiger partial charge is 0.147 e. The number of aromatic nitrogens is 1. The van der Waals surface area contributed by atoms with Crippen molar-refractivity contribution in [2.45, 2.75) is 0 Å². The molecular weight excluding hydrogens is 285 g/mol. The van der Waals surface area contributed by atoms with Crippen LogP contribution in [0.1, 0.15) is 5.56 Å². The van der Waals surface area contributed by atoms with Crippen molar-refractivity contribution < 1.29 is 4.39 Å². The van der Waals surface area contributed by atoms with Gasteiger partial charge in [-0.3, -0.25) is 4.98 Å². The lowest BCUT2D eigenvalue weighted by Crippen LogP contribution is -1.94. The Labute approximate surface area is 106 Å². The Balaban J connectivity index is 2.28. The first kappa shape index (κ1) is 11.6. The zero-order chi connectivity index (χ0) is 12.3. The Kier molecular flexibility index (Phi) is 3.35. The van der Waals surface area contributed by atoms with Crippen molar-refractivity contribution in [2.24, 2.45) is 0 Å². The fraction of sp³-hybridized carbons (Fsp3) is 0. The molecule has 0 bridgehead atoms. The predicted octanol–water partition coefficient (Wildman–Crippen LogP) is 3.60. The molecule has 0 fully saturated rings. The lowest BCUT2D eigenvalue weighted by molar-refractivity contribution is 0.631. The van der Waals surface area contributed by atoms with Crippen molar-refractivity contribution in [3.05, 3.63) is 52.5 Å². The van der Waals surface area contributed by atoms with Gasteiger partial charge in [-0.1, -0.05) is 0 Å². The van der Waals surface area contributed by atoms with Gasteiger partial charge in [-0.15, -0.1) is 0 Å². The maximum absolute atomic E-state index is 13.6. The van der Waals surface area contributed by atoms with E-state index in [0.29, 0.717) is 16.9 Å². The van der Waals surface area contributed by atoms with Gasteiger partial charge in [-0.25, -0.2) is 4.39 Å². The summed E-state index contributed by atoms with van der Waals surface area (Å²) in [5.41, 5.74) is 1.27. The molecule has 0 aliphatic heterocycles. The van der Waals surface area contributed by atoms with Gasteiger partial charge in [0.05, 0.1) is 29.2 Å². The van der Waals surface area contributed by atoms with Crippen LogP contribution >= 0.6 is 15.9 Å². The number of nitriles is 1. The maximum atomic E-state index is 13.6. The van der Waals surface area contributed by atoms with Gasteiger partial charge < -0.3 is 5.32 Å². The fourth-order valence-electron chi connectivity index (χ4n) is 1.32. The van der Waals surface area contributed by atoms with Gasteiger partial charge in [-0.2, -0.15) is 5.26 Å². The number of nitrogens with zero attached hydrogens (tertiary/aromatic N) is 2. The molecule has 0 atom stereocenters. The van der Waals surface area contributed by atoms with E-state index in [0.717, 1.165) is 4.47 Å². The molecule has 0 amide bonds. The second-order valence-electron chi connectivity index (χ2n) is 3.32. The minimum Gasteiger partial charge on any atom is -0.352 e. The summed E-state index contributed by atoms with van der Waals surface area (Å²) in [5, 5.41) is 11.5. The van der Waals surface area contributed by atoms with Gasteiger partial charge in [0.15, 0.2) is 0 Å². The number of rotatable bonds is 2. The van der Waals surface area contributed by atoms with E-state index in [1.165, 1.54) is 12.1 Å². The standard InChI is InChI=1S/C12H7BrFN3/c13-9-4-10(7-16-6-9)17-12-2-1-8(5-15)3-11(12)14/h1-4,6-7,17H. The summed E-state index contributed by atoms with van der Waals surface area (Å²) in [5.74, 6) is -0.468. The van der Waals surface area contributed by atoms with Crippen LogP contribution in [0.25, 0.3) is 0 Å². The molecule has 0 unspecified atom stereocenters. The molecule has 17 heavy (non-hydrogen) atoms. The van der Waals surface area contributed by atoms with Crippen LogP contribution < -0.4 is 5.32 Å². The Morgan fingerprint density at radius 3 is 2.76 bits per heavy atom. The largest absolute Gasteiger partial charge is 0.352 e. The van der Waals surface area contributed by atoms with Crippen molar-refractivity contribution >= 4 is 27.3 Å². The van der Waals surface area contributed by atoms with Crippen molar-refractivity contribution in [3.8, 4) is 6.07 Å². The van der Waals surface area contributed by atoms with E-state index >= 15 is 0 Å². The van der Waals surface area contributed by atoms with Crippen LogP contribution in [0.3, 0.4) is 0 Å². The lowest BCUT2D eigenvalue weighted by atomic mass is 10.2. The second-order valence-corrected chi connectivity index (χ2v) is 4.24. The van der Waals surface area contributed by atoms with E-state index in [1.807, 2.05) is 6.07 Å². The van der Waals surface area contributed by atoms with Crippen LogP contribution in [0.2, 0.25) is 0 Å². The zero-order valence-electron chi connectivity index (χ0n) is 8.61. The highest BCUT2D eigenvalue weighted by atomic mass is 79.9. The molecule has 2 aromatic rings. The van der Waals surface area contributed by atoms with Crippen molar-refractivity contribution in [3.63, 3.8) is 0 Å². The highest BCUT2D eigenvalue weighted by molar-refractivity contribution is 9.10. The first-order valence-electron chi connectivity index (χ1n) is 4.76. The Morgan fingerprint density at radius 1 is 1.29 bits per heavy atom. The first-order valence-corrected chi connectivity index (χ1v) is 5.55. The van der Waals surface area contributed by atoms with Crippen LogP contribution in [-0.2, 0) is 0 Å². The van der Waals surface area contributed by atoms with E-state index in [-0.39, 0.29) is 0 Å². The average molecular weight is 292 g/mol. The molecule has 0 aliphatic rings. The van der Waals surface area contributed by atoms with Gasteiger partial charge in [-0.05, 0) is 40.2 Å². The predicted molar refractivity (Wildman–Crippen MR) is 66.3 cm³/mol. The molecule has 2 rings (SSSR count). The first-order chi connectivity index (χ1) is 8.19. The summed E-state index contributed by atoms with van der Waals surface area (Å²) >= 11 is 3.28. The third-order valence-electron chi connectivity index (χ3n) is 2.08. The molecule has 0 aliphatic carbocycles. The third-order valence-corrected chi connectivity index (χ3v) is 2.52. The maximum Gasteiger partial charge on any atom is 0.147 e. The molecule has 0 radical (unpaired) electrons. The topological polar surface area (TPSA) is 48.7 Å². The molecule has 5 heteroatoms. The summed E-state index contributed by atoms with van der Waals surface area (Å²) in [6.45, 7) is 0. The van der Waals surface area contributed by atoms with Crippen LogP contribution in [0.15, 0.2) is 41.1 Å². The molecule has 84 valence electrons. The summed E-state index contributed by atoms with van der Waals surface area (Å²) in [4.78, 5) is 3.96. The second kappa shape index (κ2) is 4.93. The number of hydrogen-bond acceptors (Lipinski definition) is 3. The quantitative estimate of drug-likeness (QED) is 0.920. The molecule has 0 saturated heterocycles. The molecule has 1 heterocycles. The highest BCUT2D eigenvalue weighted by Gasteiger charge is 2.04. The Bertz CT molecular complexity index is 593. The summed E-state index contributed by atoms with van der Waals surface area (Å²) in [7, 11) is 0. The SMILES string of the molecule is N#Cc1ccc(Nc2cncc(Br)c2)c(F)c1. The number of benzene rings is 1. The van der Waals surface area contributed by atoms with Gasteiger partial charge in [0.2, 0.25) is 0 Å². The minimum atomic E-state index is -0.468. The number of anilines is 2. The van der Waals surface area contributed by atoms with Gasteiger partial charge >= 0.3 is 0 Å². The van der Waals surface area contributed by atoms with Crippen LogP contribution in [0.4, 0.5) is 15.8 Å². The van der Waals surface area contributed by atoms with Crippen molar-refractivity contribution in [1.29, 1.82) is 5.26 Å². The lowest BCUT2D eigenvalue weighted by Gasteiger charge is -2.07. The van der Waals surface area contributed by atoms with Gasteiger partial charge in [0, 0.05) is 10.7 Å². The Hall–Kier alpha value is -1.93. The number of halogens is 2. The average Bonchev–Trinajstić information content (AvgIpc) is 2.32. The molecule has 0 spiro atoms. The zero-order valence-corrected chi connectivity index (χ0v) is 10.2. The molecule has 1 N–H and O–H groups in total. The monoisotopic (exact) mass is 291 g/mol. The van der Waals surface area contributed by atoms with Crippen LogP contribution in [-0.4, -0.2) is 4.98 Å². The normalized spacial score (nSPS) is 9.71. The minimum absolute atomic E-state index is 0.292. The van der Waals surface area contributed by atoms with Crippen LogP contribution in [0, 0.1) is 17.1 Å². The molecule has 1 aromatic heterocycles. The number of hydrogen-bond donors (Lipinski definition) is 1. The van der Waals surface area contributed by atoms with Gasteiger partial charge in [0.1, 0.15) is 5.82 Å². The summed E-state index contributed by atoms with van der Waals surface area (Å²) < 4.78 is 14.4. The van der Waals surface area contributed by atoms with E-state index in [4.69, 9.17) is 5.26 Å². The van der Waals surface area contributed by atoms with E-state index in [2.05, 4.69) is 26.2 Å². The molecule has 0 saturated carbocycles. The molecule has 1 aromatic carbocycles. The molecular formula is C12H7BrFN3. The summed E-state index contributed by atoms with van der Waals surface area (Å²) in [6.07, 6.45) is 3.22. The third kappa shape index (κ3) is 2.80. The molecule has 3 nitrogen and oxygen atoms in total. The van der Waals surface area contributed by atoms with Crippen LogP contribution in [0.5, 0.6) is 0 Å². The van der Waals surface area contributed by atoms with Crippen molar-refractivity contribution in [1.82, 2.24) is 4.98 Å². The van der Waals surface area contributed by atoms with E-state index in [1.54, 1.807) is 24.5 Å². The number of pyridine rings is 1. The Morgan fingerprint density at radius 2 is 2.12 bits per heavy atom. The fourth-order valence-corrected chi connectivity index (χ4v) is 1.69. The van der Waals surface area contributed by atoms with E-state index in [9.17, 15) is 4.39 Å². The number of nitrogens with one attached hydrogen (secondary N) is 1. The van der Waals surface area contributed by atoms with E-state index < -0.39 is 5.82 Å². The summed E-state index contributed by atoms with van der Waals surface area (Å²) in [6, 6.07) is 7.93. The van der Waals surface area contributed by atoms with Crippen molar-refractivity contribution in [2.75, 3.05) is 5.32 Å². The highest BCUT2D eigenvalue weighted by Crippen LogP contribution is 2.22.